The van der Waals surface area contributed by atoms with Crippen molar-refractivity contribution in [3.63, 3.8) is 0 Å². The van der Waals surface area contributed by atoms with Crippen LogP contribution in [-0.2, 0) is 0 Å². The molecule has 4 heteroatoms. The largest absolute Gasteiger partial charge is 1.00 e. The van der Waals surface area contributed by atoms with Crippen molar-refractivity contribution < 1.29 is 21.5 Å². The molecule has 0 aromatic carbocycles. The van der Waals surface area contributed by atoms with Gasteiger partial charge in [0.05, 0.1) is 13.1 Å². The number of hydrogen-bond acceptors (Lipinski definition) is 1. The number of nitrogens with zero attached hydrogens (tertiary/aromatic N) is 1. The molecule has 1 unspecified atom stereocenters. The molecule has 1 atom stereocenters. The Labute approximate surface area is 93.0 Å². The monoisotopic (exact) mass is 229 g/mol. The Hall–Kier alpha value is 0.500. The highest BCUT2D eigenvalue weighted by Crippen LogP contribution is 2.15. The molecule has 0 aliphatic carbocycles. The minimum atomic E-state index is -0.305. The lowest BCUT2D eigenvalue weighted by Crippen LogP contribution is -3.00. The fraction of sp³-hybridized carbons (Fsp3) is 1.00. The molecule has 0 heterocycles. The van der Waals surface area contributed by atoms with Gasteiger partial charge in [0.1, 0.15) is 12.6 Å². The third-order valence-corrected chi connectivity index (χ3v) is 2.32. The van der Waals surface area contributed by atoms with Crippen molar-refractivity contribution in [3.8, 4) is 0 Å². The average Bonchev–Trinajstić information content (AvgIpc) is 1.85. The van der Waals surface area contributed by atoms with E-state index in [-0.39, 0.29) is 18.5 Å². The number of quaternary nitrogens is 1. The molecule has 0 fully saturated rings. The number of hydrogen-bond donors (Lipinski definition) is 1. The zero-order chi connectivity index (χ0) is 9.61. The van der Waals surface area contributed by atoms with Crippen molar-refractivity contribution >= 4 is 11.8 Å². The standard InChI is InChI=1S/C9H21ClNO.ClH/c1-4-6-11(10,7-5-2)8-9(3)12;/h9,12H,4-8H2,1-3H3;1H/q+1;/p-1. The van der Waals surface area contributed by atoms with Crippen molar-refractivity contribution in [2.45, 2.75) is 39.7 Å². The summed E-state index contributed by atoms with van der Waals surface area (Å²) >= 11 is 6.31. The van der Waals surface area contributed by atoms with Gasteiger partial charge in [0.25, 0.3) is 0 Å². The average molecular weight is 230 g/mol. The van der Waals surface area contributed by atoms with Gasteiger partial charge in [-0.15, -0.1) is 0 Å². The summed E-state index contributed by atoms with van der Waals surface area (Å²) < 4.78 is 0.491. The van der Waals surface area contributed by atoms with Crippen molar-refractivity contribution in [2.75, 3.05) is 19.6 Å². The highest BCUT2D eigenvalue weighted by Gasteiger charge is 2.25. The molecule has 0 saturated heterocycles. The van der Waals surface area contributed by atoms with E-state index in [2.05, 4.69) is 13.8 Å². The van der Waals surface area contributed by atoms with Gasteiger partial charge in [-0.3, -0.25) is 0 Å². The first-order chi connectivity index (χ1) is 5.54. The maximum absolute atomic E-state index is 9.24. The predicted molar refractivity (Wildman–Crippen MR) is 53.0 cm³/mol. The first kappa shape index (κ1) is 15.9. The van der Waals surface area contributed by atoms with Crippen LogP contribution in [0.2, 0.25) is 0 Å². The molecule has 0 aliphatic heterocycles. The summed E-state index contributed by atoms with van der Waals surface area (Å²) in [4.78, 5) is 0. The molecule has 0 bridgehead atoms. The molecule has 0 aromatic heterocycles. The fourth-order valence-electron chi connectivity index (χ4n) is 1.57. The molecule has 1 N–H and O–H groups in total. The molecule has 0 saturated carbocycles. The van der Waals surface area contributed by atoms with Crippen LogP contribution >= 0.6 is 11.8 Å². The van der Waals surface area contributed by atoms with Crippen LogP contribution in [0.1, 0.15) is 33.6 Å². The summed E-state index contributed by atoms with van der Waals surface area (Å²) in [6, 6.07) is 0. The van der Waals surface area contributed by atoms with Crippen LogP contribution in [0.3, 0.4) is 0 Å². The molecule has 0 spiro atoms. The second kappa shape index (κ2) is 7.86. The Morgan fingerprint density at radius 2 is 1.62 bits per heavy atom. The van der Waals surface area contributed by atoms with E-state index >= 15 is 0 Å². The summed E-state index contributed by atoms with van der Waals surface area (Å²) in [7, 11) is 0. The van der Waals surface area contributed by atoms with Gasteiger partial charge >= 0.3 is 0 Å². The topological polar surface area (TPSA) is 20.2 Å². The Morgan fingerprint density at radius 1 is 1.23 bits per heavy atom. The Bertz CT molecular complexity index is 114. The van der Waals surface area contributed by atoms with Gasteiger partial charge in [-0.2, -0.15) is 0 Å². The van der Waals surface area contributed by atoms with Gasteiger partial charge in [-0.1, -0.05) is 13.8 Å². The van der Waals surface area contributed by atoms with Crippen LogP contribution in [0, 0.1) is 0 Å². The van der Waals surface area contributed by atoms with E-state index in [9.17, 15) is 5.11 Å². The first-order valence-corrected chi connectivity index (χ1v) is 5.11. The van der Waals surface area contributed by atoms with E-state index in [1.54, 1.807) is 6.92 Å². The Balaban J connectivity index is 0. The zero-order valence-electron chi connectivity index (χ0n) is 8.76. The molecule has 13 heavy (non-hydrogen) atoms. The van der Waals surface area contributed by atoms with Gasteiger partial charge < -0.3 is 17.5 Å². The minimum absolute atomic E-state index is 0. The lowest BCUT2D eigenvalue weighted by atomic mass is 10.3. The van der Waals surface area contributed by atoms with Gasteiger partial charge in [0.15, 0.2) is 11.8 Å². The molecule has 2 nitrogen and oxygen atoms in total. The normalized spacial score (nSPS) is 13.6. The lowest BCUT2D eigenvalue weighted by Gasteiger charge is -2.29. The Kier molecular flexibility index (Phi) is 9.65. The van der Waals surface area contributed by atoms with Crippen molar-refractivity contribution in [1.29, 1.82) is 0 Å². The summed E-state index contributed by atoms with van der Waals surface area (Å²) in [6.45, 7) is 8.57. The van der Waals surface area contributed by atoms with Crippen LogP contribution in [-0.4, -0.2) is 34.8 Å². The van der Waals surface area contributed by atoms with E-state index in [1.807, 2.05) is 0 Å². The second-order valence-corrected chi connectivity index (χ2v) is 4.23. The first-order valence-electron chi connectivity index (χ1n) is 4.78. The fourth-order valence-corrected chi connectivity index (χ4v) is 2.11. The van der Waals surface area contributed by atoms with E-state index in [4.69, 9.17) is 11.8 Å². The minimum Gasteiger partial charge on any atom is -1.00 e. The number of aliphatic hydroxyl groups excluding tert-OH is 1. The van der Waals surface area contributed by atoms with Gasteiger partial charge in [0.2, 0.25) is 0 Å². The van der Waals surface area contributed by atoms with Crippen LogP contribution < -0.4 is 12.4 Å². The molecule has 0 rings (SSSR count). The summed E-state index contributed by atoms with van der Waals surface area (Å²) in [5.41, 5.74) is 0. The van der Waals surface area contributed by atoms with Crippen LogP contribution in [0.15, 0.2) is 0 Å². The van der Waals surface area contributed by atoms with Gasteiger partial charge in [0, 0.05) is 0 Å². The molecular formula is C9H21Cl2NO. The van der Waals surface area contributed by atoms with Crippen molar-refractivity contribution in [3.05, 3.63) is 0 Å². The number of aliphatic hydroxyl groups is 1. The molecule has 0 aromatic rings. The van der Waals surface area contributed by atoms with E-state index in [1.165, 1.54) is 0 Å². The molecule has 0 aliphatic rings. The van der Waals surface area contributed by atoms with Crippen LogP contribution in [0.5, 0.6) is 0 Å². The van der Waals surface area contributed by atoms with Gasteiger partial charge in [-0.05, 0) is 19.8 Å². The third-order valence-electron chi connectivity index (χ3n) is 1.84. The highest BCUT2D eigenvalue weighted by molar-refractivity contribution is 6.06. The maximum atomic E-state index is 9.24. The number of rotatable bonds is 6. The zero-order valence-corrected chi connectivity index (χ0v) is 10.3. The van der Waals surface area contributed by atoms with E-state index in [0.29, 0.717) is 10.5 Å². The van der Waals surface area contributed by atoms with Crippen molar-refractivity contribution in [2.24, 2.45) is 0 Å². The van der Waals surface area contributed by atoms with Crippen LogP contribution in [0.4, 0.5) is 0 Å². The molecule has 0 amide bonds. The van der Waals surface area contributed by atoms with Crippen molar-refractivity contribution in [1.82, 2.24) is 0 Å². The smallest absolute Gasteiger partial charge is 0.165 e. The maximum Gasteiger partial charge on any atom is 0.165 e. The molecule has 82 valence electrons. The SMILES string of the molecule is CCC[N+](Cl)(CCC)CC(C)O.[Cl-]. The summed E-state index contributed by atoms with van der Waals surface area (Å²) in [5.74, 6) is 0. The predicted octanol–water partition coefficient (Wildman–Crippen LogP) is -0.838. The summed E-state index contributed by atoms with van der Waals surface area (Å²) in [6.07, 6.45) is 1.83. The van der Waals surface area contributed by atoms with E-state index < -0.39 is 0 Å². The van der Waals surface area contributed by atoms with E-state index in [0.717, 1.165) is 25.9 Å². The third kappa shape index (κ3) is 7.56. The second-order valence-electron chi connectivity index (χ2n) is 3.51. The highest BCUT2D eigenvalue weighted by atomic mass is 35.5. The molecular weight excluding hydrogens is 209 g/mol. The number of halogens is 2. The molecule has 0 radical (unpaired) electrons. The summed E-state index contributed by atoms with van der Waals surface area (Å²) in [5, 5.41) is 9.24. The lowest BCUT2D eigenvalue weighted by molar-refractivity contribution is -0.819. The Morgan fingerprint density at radius 3 is 1.85 bits per heavy atom. The quantitative estimate of drug-likeness (QED) is 0.590. The van der Waals surface area contributed by atoms with Gasteiger partial charge in [-0.25, -0.2) is 4.00 Å². The van der Waals surface area contributed by atoms with Crippen LogP contribution in [0.25, 0.3) is 0 Å².